The number of ether oxygens (including phenoxy) is 2. The zero-order chi connectivity index (χ0) is 20.2. The summed E-state index contributed by atoms with van der Waals surface area (Å²) in [5, 5.41) is 1.21. The molecule has 1 aromatic carbocycles. The molecule has 6 rings (SSSR count). The maximum absolute atomic E-state index is 13.5. The second-order valence-electron chi connectivity index (χ2n) is 8.87. The standard InChI is InChI=1S/C23H28N2O4/c1-14(26)29-10-8-16-11-15-12-23(22(27)28-2)20-18(7-9-25(13-15)21(16)23)17-5-3-4-6-19(17)24-20/h3-6,15-16,21,24H,7-13H2,1-2H3. The molecule has 1 aliphatic carbocycles. The predicted octanol–water partition coefficient (Wildman–Crippen LogP) is 2.80. The number of hydrogen-bond donors (Lipinski definition) is 1. The Morgan fingerprint density at radius 3 is 2.93 bits per heavy atom. The zero-order valence-electron chi connectivity index (χ0n) is 17.1. The van der Waals surface area contributed by atoms with Crippen molar-refractivity contribution in [2.75, 3.05) is 26.8 Å². The molecule has 1 aromatic heterocycles. The van der Waals surface area contributed by atoms with E-state index in [1.165, 1.54) is 25.0 Å². The SMILES string of the molecule is COC(=O)C12CC3CC(CCOC(C)=O)C1N(CCc1c2[nH]c2ccccc12)C3. The molecule has 1 N–H and O–H groups in total. The molecule has 5 unspecified atom stereocenters. The first kappa shape index (κ1) is 18.7. The number of rotatable bonds is 4. The summed E-state index contributed by atoms with van der Waals surface area (Å²) < 4.78 is 10.7. The van der Waals surface area contributed by atoms with E-state index < -0.39 is 5.41 Å². The Bertz CT molecular complexity index is 967. The molecule has 2 saturated heterocycles. The van der Waals surface area contributed by atoms with Crippen LogP contribution in [0.15, 0.2) is 24.3 Å². The van der Waals surface area contributed by atoms with Gasteiger partial charge in [-0.3, -0.25) is 14.5 Å². The van der Waals surface area contributed by atoms with Gasteiger partial charge in [0.2, 0.25) is 0 Å². The summed E-state index contributed by atoms with van der Waals surface area (Å²) in [5.74, 6) is 0.366. The molecule has 4 heterocycles. The monoisotopic (exact) mass is 396 g/mol. The Hall–Kier alpha value is -2.34. The summed E-state index contributed by atoms with van der Waals surface area (Å²) in [6.45, 7) is 3.84. The minimum Gasteiger partial charge on any atom is -0.468 e. The first-order chi connectivity index (χ1) is 14.0. The average molecular weight is 396 g/mol. The van der Waals surface area contributed by atoms with Crippen LogP contribution in [0, 0.1) is 11.8 Å². The molecule has 3 aliphatic heterocycles. The molecule has 0 radical (unpaired) electrons. The summed E-state index contributed by atoms with van der Waals surface area (Å²) in [6.07, 6.45) is 3.62. The van der Waals surface area contributed by atoms with Crippen molar-refractivity contribution in [3.8, 4) is 0 Å². The van der Waals surface area contributed by atoms with Gasteiger partial charge in [0.25, 0.3) is 0 Å². The normalized spacial score (nSPS) is 32.5. The van der Waals surface area contributed by atoms with Crippen LogP contribution in [0.3, 0.4) is 0 Å². The molecule has 4 bridgehead atoms. The van der Waals surface area contributed by atoms with Crippen LogP contribution in [0.4, 0.5) is 0 Å². The Morgan fingerprint density at radius 2 is 2.14 bits per heavy atom. The third-order valence-electron chi connectivity index (χ3n) is 7.34. The molecule has 4 aliphatic rings. The van der Waals surface area contributed by atoms with Gasteiger partial charge in [-0.25, -0.2) is 0 Å². The highest BCUT2D eigenvalue weighted by molar-refractivity contribution is 5.91. The average Bonchev–Trinajstić information content (AvgIpc) is 3.06. The fourth-order valence-corrected chi connectivity index (χ4v) is 6.51. The summed E-state index contributed by atoms with van der Waals surface area (Å²) >= 11 is 0. The third-order valence-corrected chi connectivity index (χ3v) is 7.34. The topological polar surface area (TPSA) is 71.6 Å². The van der Waals surface area contributed by atoms with Gasteiger partial charge in [-0.2, -0.15) is 0 Å². The van der Waals surface area contributed by atoms with Crippen molar-refractivity contribution >= 4 is 22.8 Å². The van der Waals surface area contributed by atoms with Crippen LogP contribution in [0.25, 0.3) is 10.9 Å². The van der Waals surface area contributed by atoms with Gasteiger partial charge in [-0.15, -0.1) is 0 Å². The van der Waals surface area contributed by atoms with Gasteiger partial charge in [0.1, 0.15) is 5.41 Å². The van der Waals surface area contributed by atoms with Crippen molar-refractivity contribution in [3.05, 3.63) is 35.5 Å². The summed E-state index contributed by atoms with van der Waals surface area (Å²) in [7, 11) is 1.50. The van der Waals surface area contributed by atoms with E-state index in [0.717, 1.165) is 50.0 Å². The van der Waals surface area contributed by atoms with Gasteiger partial charge in [0.05, 0.1) is 13.7 Å². The highest BCUT2D eigenvalue weighted by Gasteiger charge is 2.62. The maximum Gasteiger partial charge on any atom is 0.319 e. The second kappa shape index (κ2) is 6.87. The lowest BCUT2D eigenvalue weighted by molar-refractivity contribution is -0.163. The van der Waals surface area contributed by atoms with Crippen molar-refractivity contribution in [2.45, 2.75) is 44.1 Å². The molecule has 2 aromatic rings. The van der Waals surface area contributed by atoms with E-state index in [-0.39, 0.29) is 18.0 Å². The Labute approximate surface area is 170 Å². The summed E-state index contributed by atoms with van der Waals surface area (Å²) in [4.78, 5) is 30.9. The van der Waals surface area contributed by atoms with E-state index in [2.05, 4.69) is 28.1 Å². The van der Waals surface area contributed by atoms with Crippen LogP contribution in [0.5, 0.6) is 0 Å². The highest BCUT2D eigenvalue weighted by Crippen LogP contribution is 2.55. The number of aromatic nitrogens is 1. The van der Waals surface area contributed by atoms with Gasteiger partial charge in [-0.1, -0.05) is 18.2 Å². The number of carbonyl (C=O) groups excluding carboxylic acids is 2. The number of nitrogens with one attached hydrogen (secondary N) is 1. The number of nitrogens with zero attached hydrogens (tertiary/aromatic N) is 1. The number of aromatic amines is 1. The lowest BCUT2D eigenvalue weighted by Gasteiger charge is -2.57. The molecule has 1 saturated carbocycles. The molecule has 5 atom stereocenters. The smallest absolute Gasteiger partial charge is 0.319 e. The number of carbonyl (C=O) groups is 2. The van der Waals surface area contributed by atoms with Gasteiger partial charge in [-0.05, 0) is 49.1 Å². The van der Waals surface area contributed by atoms with Gasteiger partial charge >= 0.3 is 11.9 Å². The second-order valence-corrected chi connectivity index (χ2v) is 8.87. The number of hydrogen-bond acceptors (Lipinski definition) is 5. The van der Waals surface area contributed by atoms with Crippen LogP contribution in [-0.4, -0.2) is 54.7 Å². The Morgan fingerprint density at radius 1 is 1.31 bits per heavy atom. The van der Waals surface area contributed by atoms with Crippen LogP contribution in [0.2, 0.25) is 0 Å². The number of methoxy groups -OCH3 is 1. The highest BCUT2D eigenvalue weighted by atomic mass is 16.5. The van der Waals surface area contributed by atoms with Gasteiger partial charge in [0, 0.05) is 42.7 Å². The van der Waals surface area contributed by atoms with Crippen molar-refractivity contribution in [2.24, 2.45) is 11.8 Å². The van der Waals surface area contributed by atoms with E-state index in [0.29, 0.717) is 18.4 Å². The number of piperidine rings is 2. The minimum atomic E-state index is -0.679. The number of para-hydroxylation sites is 1. The maximum atomic E-state index is 13.5. The number of H-pyrrole nitrogens is 1. The van der Waals surface area contributed by atoms with Gasteiger partial charge in [0.15, 0.2) is 0 Å². The molecular weight excluding hydrogens is 368 g/mol. The molecular formula is C23H28N2O4. The first-order valence-electron chi connectivity index (χ1n) is 10.6. The molecule has 0 spiro atoms. The zero-order valence-corrected chi connectivity index (χ0v) is 17.1. The molecule has 6 heteroatoms. The van der Waals surface area contributed by atoms with E-state index in [1.807, 2.05) is 6.07 Å². The van der Waals surface area contributed by atoms with E-state index in [9.17, 15) is 9.59 Å². The number of esters is 2. The third kappa shape index (κ3) is 2.72. The molecule has 29 heavy (non-hydrogen) atoms. The predicted molar refractivity (Wildman–Crippen MR) is 109 cm³/mol. The van der Waals surface area contributed by atoms with Crippen LogP contribution in [0.1, 0.15) is 37.4 Å². The van der Waals surface area contributed by atoms with Crippen LogP contribution >= 0.6 is 0 Å². The molecule has 3 fully saturated rings. The van der Waals surface area contributed by atoms with Crippen molar-refractivity contribution in [1.29, 1.82) is 0 Å². The van der Waals surface area contributed by atoms with Gasteiger partial charge < -0.3 is 14.5 Å². The van der Waals surface area contributed by atoms with Crippen molar-refractivity contribution < 1.29 is 19.1 Å². The summed E-state index contributed by atoms with van der Waals surface area (Å²) in [5.41, 5.74) is 2.73. The minimum absolute atomic E-state index is 0.0739. The number of fused-ring (bicyclic) bond motifs is 4. The number of benzene rings is 1. The lowest BCUT2D eigenvalue weighted by atomic mass is 9.56. The fraction of sp³-hybridized carbons (Fsp3) is 0.565. The quantitative estimate of drug-likeness (QED) is 0.805. The molecule has 6 nitrogen and oxygen atoms in total. The first-order valence-corrected chi connectivity index (χ1v) is 10.6. The molecule has 154 valence electrons. The van der Waals surface area contributed by atoms with E-state index >= 15 is 0 Å². The largest absolute Gasteiger partial charge is 0.468 e. The van der Waals surface area contributed by atoms with Crippen LogP contribution in [-0.2, 0) is 30.9 Å². The van der Waals surface area contributed by atoms with Crippen LogP contribution < -0.4 is 0 Å². The lowest BCUT2D eigenvalue weighted by Crippen LogP contribution is -2.67. The van der Waals surface area contributed by atoms with Crippen molar-refractivity contribution in [1.82, 2.24) is 9.88 Å². The Kier molecular flexibility index (Phi) is 4.42. The fourth-order valence-electron chi connectivity index (χ4n) is 6.51. The Balaban J connectivity index is 1.64. The molecule has 0 amide bonds. The van der Waals surface area contributed by atoms with E-state index in [1.54, 1.807) is 0 Å². The van der Waals surface area contributed by atoms with Crippen molar-refractivity contribution in [3.63, 3.8) is 0 Å². The van der Waals surface area contributed by atoms with E-state index in [4.69, 9.17) is 9.47 Å². The summed E-state index contributed by atoms with van der Waals surface area (Å²) in [6, 6.07) is 8.41.